The zero-order chi connectivity index (χ0) is 21.1. The van der Waals surface area contributed by atoms with Gasteiger partial charge in [-0.05, 0) is 36.5 Å². The third-order valence-corrected chi connectivity index (χ3v) is 5.84. The standard InChI is InChI=1S/C24H23NO5/c26-21(18-12-10-17(11-13-18)16-6-2-1-3-7-16)15-30-22(27)14-25-23(28)19-8-4-5-9-20(19)24(25)29/h4-5,8-13,16H,1-3,6-7,14-15H2. The maximum atomic E-state index is 12.4. The maximum absolute atomic E-state index is 12.4. The number of benzene rings is 2. The fraction of sp³-hybridized carbons (Fsp3) is 0.333. The Hall–Kier alpha value is -3.28. The highest BCUT2D eigenvalue weighted by molar-refractivity contribution is 6.22. The van der Waals surface area contributed by atoms with Gasteiger partial charge in [-0.15, -0.1) is 0 Å². The lowest BCUT2D eigenvalue weighted by Crippen LogP contribution is -2.36. The van der Waals surface area contributed by atoms with Crippen LogP contribution in [0.5, 0.6) is 0 Å². The number of esters is 1. The summed E-state index contributed by atoms with van der Waals surface area (Å²) in [6.45, 7) is -0.939. The minimum atomic E-state index is -0.795. The molecule has 0 unspecified atom stereocenters. The van der Waals surface area contributed by atoms with Crippen molar-refractivity contribution in [3.8, 4) is 0 Å². The molecule has 30 heavy (non-hydrogen) atoms. The van der Waals surface area contributed by atoms with E-state index in [4.69, 9.17) is 4.74 Å². The molecule has 1 aliphatic heterocycles. The summed E-state index contributed by atoms with van der Waals surface area (Å²) in [5.41, 5.74) is 2.26. The second-order valence-electron chi connectivity index (χ2n) is 7.78. The Morgan fingerprint density at radius 2 is 1.47 bits per heavy atom. The second-order valence-corrected chi connectivity index (χ2v) is 7.78. The zero-order valence-corrected chi connectivity index (χ0v) is 16.6. The summed E-state index contributed by atoms with van der Waals surface area (Å²) in [5, 5.41) is 0. The smallest absolute Gasteiger partial charge is 0.326 e. The highest BCUT2D eigenvalue weighted by Gasteiger charge is 2.36. The Morgan fingerprint density at radius 3 is 2.07 bits per heavy atom. The first-order chi connectivity index (χ1) is 14.5. The molecule has 0 saturated heterocycles. The van der Waals surface area contributed by atoms with Crippen LogP contribution in [0.25, 0.3) is 0 Å². The molecule has 2 amide bonds. The summed E-state index contributed by atoms with van der Waals surface area (Å²) in [4.78, 5) is 49.9. The summed E-state index contributed by atoms with van der Waals surface area (Å²) in [7, 11) is 0. The molecular formula is C24H23NO5. The van der Waals surface area contributed by atoms with E-state index in [1.165, 1.54) is 37.7 Å². The number of carbonyl (C=O) groups excluding carboxylic acids is 4. The van der Waals surface area contributed by atoms with E-state index in [0.29, 0.717) is 11.5 Å². The lowest BCUT2D eigenvalue weighted by Gasteiger charge is -2.22. The molecule has 6 heteroatoms. The Bertz CT molecular complexity index is 954. The predicted octanol–water partition coefficient (Wildman–Crippen LogP) is 3.76. The van der Waals surface area contributed by atoms with Crippen LogP contribution in [0.3, 0.4) is 0 Å². The van der Waals surface area contributed by atoms with Crippen molar-refractivity contribution in [1.82, 2.24) is 4.90 Å². The molecule has 0 radical (unpaired) electrons. The number of fused-ring (bicyclic) bond motifs is 1. The van der Waals surface area contributed by atoms with Gasteiger partial charge in [-0.2, -0.15) is 0 Å². The van der Waals surface area contributed by atoms with Crippen LogP contribution < -0.4 is 0 Å². The molecule has 2 aromatic carbocycles. The van der Waals surface area contributed by atoms with Gasteiger partial charge in [-0.25, -0.2) is 0 Å². The second kappa shape index (κ2) is 8.61. The van der Waals surface area contributed by atoms with Crippen LogP contribution in [0.4, 0.5) is 0 Å². The van der Waals surface area contributed by atoms with Gasteiger partial charge in [0.1, 0.15) is 6.54 Å². The van der Waals surface area contributed by atoms with Crippen LogP contribution >= 0.6 is 0 Å². The van der Waals surface area contributed by atoms with Gasteiger partial charge in [-0.1, -0.05) is 55.7 Å². The fourth-order valence-corrected chi connectivity index (χ4v) is 4.16. The normalized spacial score (nSPS) is 16.5. The molecule has 1 heterocycles. The van der Waals surface area contributed by atoms with Crippen LogP contribution in [0, 0.1) is 0 Å². The summed E-state index contributed by atoms with van der Waals surface area (Å²) >= 11 is 0. The highest BCUT2D eigenvalue weighted by atomic mass is 16.5. The van der Waals surface area contributed by atoms with E-state index in [0.717, 1.165) is 4.90 Å². The monoisotopic (exact) mass is 405 g/mol. The van der Waals surface area contributed by atoms with E-state index in [-0.39, 0.29) is 16.9 Å². The molecule has 2 aliphatic rings. The van der Waals surface area contributed by atoms with Crippen molar-refractivity contribution in [1.29, 1.82) is 0 Å². The van der Waals surface area contributed by atoms with Gasteiger partial charge in [0, 0.05) is 5.56 Å². The summed E-state index contributed by atoms with van der Waals surface area (Å²) in [6.07, 6.45) is 6.15. The minimum Gasteiger partial charge on any atom is -0.456 e. The Labute approximate surface area is 174 Å². The average molecular weight is 405 g/mol. The quantitative estimate of drug-likeness (QED) is 0.415. The summed E-state index contributed by atoms with van der Waals surface area (Å²) < 4.78 is 5.03. The van der Waals surface area contributed by atoms with Crippen molar-refractivity contribution in [2.24, 2.45) is 0 Å². The first-order valence-corrected chi connectivity index (χ1v) is 10.3. The lowest BCUT2D eigenvalue weighted by molar-refractivity contribution is -0.142. The average Bonchev–Trinajstić information content (AvgIpc) is 3.03. The molecule has 0 spiro atoms. The maximum Gasteiger partial charge on any atom is 0.326 e. The molecule has 0 bridgehead atoms. The van der Waals surface area contributed by atoms with Crippen molar-refractivity contribution >= 4 is 23.6 Å². The largest absolute Gasteiger partial charge is 0.456 e. The van der Waals surface area contributed by atoms with E-state index in [9.17, 15) is 19.2 Å². The number of Topliss-reactive ketones (excluding diaryl/α,β-unsaturated/α-hetero) is 1. The molecule has 0 atom stereocenters. The topological polar surface area (TPSA) is 80.8 Å². The third-order valence-electron chi connectivity index (χ3n) is 5.84. The number of amides is 2. The van der Waals surface area contributed by atoms with E-state index >= 15 is 0 Å². The number of hydrogen-bond donors (Lipinski definition) is 0. The molecule has 2 aromatic rings. The first kappa shape index (κ1) is 20.0. The first-order valence-electron chi connectivity index (χ1n) is 10.3. The van der Waals surface area contributed by atoms with Gasteiger partial charge >= 0.3 is 5.97 Å². The molecule has 1 aliphatic carbocycles. The van der Waals surface area contributed by atoms with Gasteiger partial charge in [-0.3, -0.25) is 24.1 Å². The van der Waals surface area contributed by atoms with Crippen molar-refractivity contribution in [3.63, 3.8) is 0 Å². The van der Waals surface area contributed by atoms with Crippen molar-refractivity contribution in [3.05, 3.63) is 70.8 Å². The van der Waals surface area contributed by atoms with Gasteiger partial charge < -0.3 is 4.74 Å². The van der Waals surface area contributed by atoms with Crippen LogP contribution in [0.1, 0.15) is 74.7 Å². The summed E-state index contributed by atoms with van der Waals surface area (Å²) in [5.74, 6) is -1.62. The van der Waals surface area contributed by atoms with E-state index in [1.54, 1.807) is 36.4 Å². The van der Waals surface area contributed by atoms with E-state index in [2.05, 4.69) is 0 Å². The Morgan fingerprint density at radius 1 is 0.867 bits per heavy atom. The lowest BCUT2D eigenvalue weighted by atomic mass is 9.84. The molecule has 0 N–H and O–H groups in total. The van der Waals surface area contributed by atoms with Crippen LogP contribution in [-0.2, 0) is 9.53 Å². The van der Waals surface area contributed by atoms with Crippen LogP contribution in [0.2, 0.25) is 0 Å². The minimum absolute atomic E-state index is 0.268. The number of ether oxygens (including phenoxy) is 1. The Kier molecular flexibility index (Phi) is 5.74. The molecule has 154 valence electrons. The molecule has 1 saturated carbocycles. The zero-order valence-electron chi connectivity index (χ0n) is 16.6. The highest BCUT2D eigenvalue weighted by Crippen LogP contribution is 2.32. The predicted molar refractivity (Wildman–Crippen MR) is 109 cm³/mol. The third kappa shape index (κ3) is 4.03. The van der Waals surface area contributed by atoms with Gasteiger partial charge in [0.2, 0.25) is 0 Å². The number of imide groups is 1. The molecule has 4 rings (SSSR count). The SMILES string of the molecule is O=C(CN1C(=O)c2ccccc2C1=O)OCC(=O)c1ccc(C2CCCCC2)cc1. The molecule has 0 aromatic heterocycles. The number of nitrogens with zero attached hydrogens (tertiary/aromatic N) is 1. The molecular weight excluding hydrogens is 382 g/mol. The number of hydrogen-bond acceptors (Lipinski definition) is 5. The summed E-state index contributed by atoms with van der Waals surface area (Å²) in [6, 6.07) is 13.9. The number of carbonyl (C=O) groups is 4. The molecule has 1 fully saturated rings. The number of ketones is 1. The Balaban J connectivity index is 1.30. The van der Waals surface area contributed by atoms with Crippen LogP contribution in [-0.4, -0.2) is 41.6 Å². The van der Waals surface area contributed by atoms with Gasteiger partial charge in [0.25, 0.3) is 11.8 Å². The van der Waals surface area contributed by atoms with Crippen molar-refractivity contribution in [2.45, 2.75) is 38.0 Å². The van der Waals surface area contributed by atoms with Gasteiger partial charge in [0.15, 0.2) is 12.4 Å². The van der Waals surface area contributed by atoms with E-state index < -0.39 is 30.9 Å². The van der Waals surface area contributed by atoms with Crippen LogP contribution in [0.15, 0.2) is 48.5 Å². The number of rotatable bonds is 6. The fourth-order valence-electron chi connectivity index (χ4n) is 4.16. The van der Waals surface area contributed by atoms with Crippen molar-refractivity contribution < 1.29 is 23.9 Å². The van der Waals surface area contributed by atoms with Gasteiger partial charge in [0.05, 0.1) is 11.1 Å². The molecule has 6 nitrogen and oxygen atoms in total. The van der Waals surface area contributed by atoms with Crippen molar-refractivity contribution in [2.75, 3.05) is 13.2 Å². The van der Waals surface area contributed by atoms with E-state index in [1.807, 2.05) is 12.1 Å².